The Kier molecular flexibility index (Phi) is 5.13. The summed E-state index contributed by atoms with van der Waals surface area (Å²) in [7, 11) is -3.60. The summed E-state index contributed by atoms with van der Waals surface area (Å²) in [6, 6.07) is 3.17. The first-order valence-corrected chi connectivity index (χ1v) is 9.33. The molecule has 1 amide bonds. The van der Waals surface area contributed by atoms with Crippen molar-refractivity contribution in [2.45, 2.75) is 31.7 Å². The Hall–Kier alpha value is -1.25. The van der Waals surface area contributed by atoms with Crippen LogP contribution in [0.15, 0.2) is 17.5 Å². The molecule has 8 heteroatoms. The molecule has 21 heavy (non-hydrogen) atoms. The molecule has 1 aliphatic heterocycles. The maximum absolute atomic E-state index is 12.2. The number of carbonyl (C=O) groups excluding carboxylic acids is 2. The van der Waals surface area contributed by atoms with E-state index in [9.17, 15) is 18.0 Å². The van der Waals surface area contributed by atoms with E-state index in [0.29, 0.717) is 17.8 Å². The van der Waals surface area contributed by atoms with Crippen LogP contribution in [-0.4, -0.2) is 43.3 Å². The number of ketones is 1. The molecule has 1 saturated heterocycles. The van der Waals surface area contributed by atoms with Crippen LogP contribution >= 0.6 is 11.3 Å². The molecule has 0 spiro atoms. The van der Waals surface area contributed by atoms with Crippen molar-refractivity contribution in [3.8, 4) is 0 Å². The summed E-state index contributed by atoms with van der Waals surface area (Å²) in [4.78, 5) is 26.2. The van der Waals surface area contributed by atoms with E-state index in [1.54, 1.807) is 17.0 Å². The van der Waals surface area contributed by atoms with E-state index in [4.69, 9.17) is 5.14 Å². The third kappa shape index (κ3) is 4.62. The fourth-order valence-corrected chi connectivity index (χ4v) is 4.11. The number of Topliss-reactive ketones (excluding diaryl/α,β-unsaturated/α-hetero) is 1. The quantitative estimate of drug-likeness (QED) is 0.787. The van der Waals surface area contributed by atoms with Crippen LogP contribution in [0, 0.1) is 0 Å². The normalized spacial score (nSPS) is 18.9. The standard InChI is InChI=1S/C13H18N2O4S2/c14-21(18,19)9-10-3-1-7-15(10)13(17)6-5-11(16)12-4-2-8-20-12/h2,4,8,10H,1,3,5-7,9H2,(H2,14,18,19). The second kappa shape index (κ2) is 6.67. The lowest BCUT2D eigenvalue weighted by atomic mass is 10.1. The number of likely N-dealkylation sites (tertiary alicyclic amines) is 1. The highest BCUT2D eigenvalue weighted by Crippen LogP contribution is 2.20. The summed E-state index contributed by atoms with van der Waals surface area (Å²) in [5, 5.41) is 6.86. The third-order valence-corrected chi connectivity index (χ3v) is 5.24. The van der Waals surface area contributed by atoms with Gasteiger partial charge < -0.3 is 4.90 Å². The Balaban J connectivity index is 1.89. The molecule has 6 nitrogen and oxygen atoms in total. The highest BCUT2D eigenvalue weighted by atomic mass is 32.2. The van der Waals surface area contributed by atoms with Crippen LogP contribution in [0.2, 0.25) is 0 Å². The maximum atomic E-state index is 12.2. The van der Waals surface area contributed by atoms with Crippen LogP contribution in [0.4, 0.5) is 0 Å². The molecule has 1 unspecified atom stereocenters. The third-order valence-electron chi connectivity index (χ3n) is 3.48. The minimum Gasteiger partial charge on any atom is -0.339 e. The van der Waals surface area contributed by atoms with Gasteiger partial charge in [-0.3, -0.25) is 9.59 Å². The van der Waals surface area contributed by atoms with E-state index < -0.39 is 10.0 Å². The summed E-state index contributed by atoms with van der Waals surface area (Å²) in [6.07, 6.45) is 1.67. The number of sulfonamides is 1. The Morgan fingerprint density at radius 1 is 1.38 bits per heavy atom. The highest BCUT2D eigenvalue weighted by Gasteiger charge is 2.31. The zero-order valence-electron chi connectivity index (χ0n) is 11.5. The first kappa shape index (κ1) is 16.1. The average molecular weight is 330 g/mol. The molecule has 1 aromatic rings. The zero-order valence-corrected chi connectivity index (χ0v) is 13.2. The van der Waals surface area contributed by atoms with Gasteiger partial charge in [0.2, 0.25) is 15.9 Å². The number of hydrogen-bond acceptors (Lipinski definition) is 5. The van der Waals surface area contributed by atoms with Gasteiger partial charge in [0.1, 0.15) is 0 Å². The number of carbonyl (C=O) groups is 2. The number of thiophene rings is 1. The minimum atomic E-state index is -3.60. The van der Waals surface area contributed by atoms with Crippen molar-refractivity contribution >= 4 is 33.1 Å². The number of hydrogen-bond donors (Lipinski definition) is 1. The molecule has 116 valence electrons. The lowest BCUT2D eigenvalue weighted by molar-refractivity contribution is -0.131. The van der Waals surface area contributed by atoms with Crippen molar-refractivity contribution in [1.29, 1.82) is 0 Å². The van der Waals surface area contributed by atoms with Gasteiger partial charge in [0.15, 0.2) is 5.78 Å². The van der Waals surface area contributed by atoms with Crippen LogP contribution in [0.3, 0.4) is 0 Å². The van der Waals surface area contributed by atoms with Crippen molar-refractivity contribution in [1.82, 2.24) is 4.90 Å². The Bertz CT molecular complexity index is 610. The van der Waals surface area contributed by atoms with Gasteiger partial charge >= 0.3 is 0 Å². The van der Waals surface area contributed by atoms with Crippen molar-refractivity contribution in [3.05, 3.63) is 22.4 Å². The first-order valence-electron chi connectivity index (χ1n) is 6.73. The van der Waals surface area contributed by atoms with Gasteiger partial charge in [-0.2, -0.15) is 0 Å². The van der Waals surface area contributed by atoms with Crippen molar-refractivity contribution in [2.24, 2.45) is 5.14 Å². The highest BCUT2D eigenvalue weighted by molar-refractivity contribution is 7.89. The zero-order chi connectivity index (χ0) is 15.5. The molecule has 0 saturated carbocycles. The minimum absolute atomic E-state index is 0.0551. The summed E-state index contributed by atoms with van der Waals surface area (Å²) < 4.78 is 22.3. The van der Waals surface area contributed by atoms with Crippen LogP contribution in [0.5, 0.6) is 0 Å². The first-order chi connectivity index (χ1) is 9.87. The molecule has 2 rings (SSSR count). The molecule has 1 aliphatic rings. The van der Waals surface area contributed by atoms with Crippen molar-refractivity contribution < 1.29 is 18.0 Å². The van der Waals surface area contributed by atoms with Crippen LogP contribution in [0.1, 0.15) is 35.4 Å². The van der Waals surface area contributed by atoms with Crippen LogP contribution in [0.25, 0.3) is 0 Å². The second-order valence-corrected chi connectivity index (χ2v) is 7.72. The van der Waals surface area contributed by atoms with Gasteiger partial charge in [-0.1, -0.05) is 6.07 Å². The van der Waals surface area contributed by atoms with Gasteiger partial charge in [0.05, 0.1) is 10.6 Å². The number of primary sulfonamides is 1. The Morgan fingerprint density at radius 3 is 2.76 bits per heavy atom. The number of nitrogens with zero attached hydrogens (tertiary/aromatic N) is 1. The smallest absolute Gasteiger partial charge is 0.223 e. The van der Waals surface area contributed by atoms with E-state index in [1.165, 1.54) is 11.3 Å². The van der Waals surface area contributed by atoms with Gasteiger partial charge in [-0.15, -0.1) is 11.3 Å². The van der Waals surface area contributed by atoms with Crippen LogP contribution < -0.4 is 5.14 Å². The summed E-state index contributed by atoms with van der Waals surface area (Å²) >= 11 is 1.35. The number of nitrogens with two attached hydrogens (primary N) is 1. The predicted octanol–water partition coefficient (Wildman–Crippen LogP) is 0.991. The fourth-order valence-electron chi connectivity index (χ4n) is 2.53. The Morgan fingerprint density at radius 2 is 2.14 bits per heavy atom. The molecule has 1 fully saturated rings. The topological polar surface area (TPSA) is 97.5 Å². The van der Waals surface area contributed by atoms with E-state index in [-0.39, 0.29) is 36.3 Å². The van der Waals surface area contributed by atoms with E-state index in [1.807, 2.05) is 5.38 Å². The molecule has 0 bridgehead atoms. The summed E-state index contributed by atoms with van der Waals surface area (Å²) in [6.45, 7) is 0.534. The molecule has 0 radical (unpaired) electrons. The molecule has 1 aromatic heterocycles. The van der Waals surface area contributed by atoms with E-state index in [0.717, 1.165) is 6.42 Å². The van der Waals surface area contributed by atoms with Crippen LogP contribution in [-0.2, 0) is 14.8 Å². The Labute approximate surface area is 128 Å². The monoisotopic (exact) mass is 330 g/mol. The maximum Gasteiger partial charge on any atom is 0.223 e. The lowest BCUT2D eigenvalue weighted by Crippen LogP contribution is -2.41. The van der Waals surface area contributed by atoms with Gasteiger partial charge in [0, 0.05) is 25.4 Å². The average Bonchev–Trinajstić information content (AvgIpc) is 3.04. The molecule has 2 heterocycles. The number of amides is 1. The number of rotatable bonds is 6. The summed E-state index contributed by atoms with van der Waals surface area (Å²) in [5.74, 6) is -0.441. The van der Waals surface area contributed by atoms with Gasteiger partial charge in [-0.25, -0.2) is 13.6 Å². The molecule has 1 atom stereocenters. The predicted molar refractivity (Wildman–Crippen MR) is 80.6 cm³/mol. The molecular weight excluding hydrogens is 312 g/mol. The second-order valence-electron chi connectivity index (χ2n) is 5.11. The SMILES string of the molecule is NS(=O)(=O)CC1CCCN1C(=O)CCC(=O)c1cccs1. The largest absolute Gasteiger partial charge is 0.339 e. The van der Waals surface area contributed by atoms with Gasteiger partial charge in [0.25, 0.3) is 0 Å². The molecule has 0 aromatic carbocycles. The molecular formula is C13H18N2O4S2. The lowest BCUT2D eigenvalue weighted by Gasteiger charge is -2.23. The van der Waals surface area contributed by atoms with Crippen molar-refractivity contribution in [2.75, 3.05) is 12.3 Å². The fraction of sp³-hybridized carbons (Fsp3) is 0.538. The van der Waals surface area contributed by atoms with Gasteiger partial charge in [-0.05, 0) is 24.3 Å². The summed E-state index contributed by atoms with van der Waals surface area (Å²) in [5.41, 5.74) is 0. The van der Waals surface area contributed by atoms with Crippen molar-refractivity contribution in [3.63, 3.8) is 0 Å². The van der Waals surface area contributed by atoms with E-state index >= 15 is 0 Å². The molecule has 2 N–H and O–H groups in total. The van der Waals surface area contributed by atoms with E-state index in [2.05, 4.69) is 0 Å². The molecule has 0 aliphatic carbocycles.